The van der Waals surface area contributed by atoms with Crippen LogP contribution in [-0.4, -0.2) is 33.4 Å². The molecular weight excluding hydrogens is 847 g/mol. The van der Waals surface area contributed by atoms with Gasteiger partial charge in [-0.15, -0.1) is 0 Å². The van der Waals surface area contributed by atoms with Crippen molar-refractivity contribution >= 4 is 85.7 Å². The van der Waals surface area contributed by atoms with Crippen LogP contribution in [0.15, 0.2) is 182 Å². The van der Waals surface area contributed by atoms with Crippen LogP contribution in [0.1, 0.15) is 27.8 Å². The standard InChI is InChI=1S/C59H49N3O6/c1-40-38-44(21-15-42-18-24-46(25-19-42)61(48-28-32-50(66-3)33-29-48)56-35-37-59(68-5)54-13-9-7-11-52(54)56)57(62(63)64)39-43(40)20-14-41-16-22-45(23-17-41)60(47-26-30-49(65-2)31-27-47)55-34-36-58(67-4)53-12-8-6-10-51(53)55/h6-39H,1-5H3/b20-14+,21-15+. The second-order valence-corrected chi connectivity index (χ2v) is 16.1. The number of hydrogen-bond acceptors (Lipinski definition) is 8. The van der Waals surface area contributed by atoms with Crippen molar-refractivity contribution in [2.24, 2.45) is 0 Å². The van der Waals surface area contributed by atoms with E-state index >= 15 is 0 Å². The van der Waals surface area contributed by atoms with Gasteiger partial charge in [0.15, 0.2) is 0 Å². The van der Waals surface area contributed by atoms with Crippen LogP contribution >= 0.6 is 0 Å². The molecular formula is C59H49N3O6. The van der Waals surface area contributed by atoms with Crippen LogP contribution in [0.5, 0.6) is 23.0 Å². The Labute approximate surface area is 396 Å². The Morgan fingerprint density at radius 3 is 1.19 bits per heavy atom. The van der Waals surface area contributed by atoms with Crippen molar-refractivity contribution in [2.75, 3.05) is 38.2 Å². The molecule has 9 aromatic rings. The van der Waals surface area contributed by atoms with Crippen molar-refractivity contribution in [1.82, 2.24) is 0 Å². The van der Waals surface area contributed by atoms with E-state index in [4.69, 9.17) is 18.9 Å². The molecule has 9 heteroatoms. The molecule has 0 aromatic heterocycles. The smallest absolute Gasteiger partial charge is 0.277 e. The number of anilines is 6. The summed E-state index contributed by atoms with van der Waals surface area (Å²) in [5.74, 6) is 3.14. The van der Waals surface area contributed by atoms with E-state index in [1.54, 1.807) is 34.5 Å². The fourth-order valence-corrected chi connectivity index (χ4v) is 8.62. The van der Waals surface area contributed by atoms with E-state index < -0.39 is 0 Å². The zero-order valence-corrected chi connectivity index (χ0v) is 38.4. The first kappa shape index (κ1) is 44.4. The van der Waals surface area contributed by atoms with Gasteiger partial charge in [-0.05, 0) is 138 Å². The zero-order chi connectivity index (χ0) is 47.1. The summed E-state index contributed by atoms with van der Waals surface area (Å²) >= 11 is 0. The topological polar surface area (TPSA) is 86.5 Å². The molecule has 0 fully saturated rings. The second kappa shape index (κ2) is 19.7. The average Bonchev–Trinajstić information content (AvgIpc) is 3.39. The maximum atomic E-state index is 12.5. The van der Waals surface area contributed by atoms with Crippen LogP contribution < -0.4 is 28.7 Å². The second-order valence-electron chi connectivity index (χ2n) is 16.1. The van der Waals surface area contributed by atoms with Gasteiger partial charge >= 0.3 is 0 Å². The quantitative estimate of drug-likeness (QED) is 0.0571. The molecule has 0 heterocycles. The number of nitro benzene ring substituents is 1. The molecule has 0 aliphatic heterocycles. The van der Waals surface area contributed by atoms with Crippen LogP contribution in [0.3, 0.4) is 0 Å². The summed E-state index contributed by atoms with van der Waals surface area (Å²) in [5.41, 5.74) is 9.87. The summed E-state index contributed by atoms with van der Waals surface area (Å²) in [6, 6.07) is 60.4. The van der Waals surface area contributed by atoms with Gasteiger partial charge in [-0.25, -0.2) is 0 Å². The summed E-state index contributed by atoms with van der Waals surface area (Å²) in [6.45, 7) is 1.97. The molecule has 9 nitrogen and oxygen atoms in total. The van der Waals surface area contributed by atoms with Crippen molar-refractivity contribution < 1.29 is 23.9 Å². The minimum absolute atomic E-state index is 0.0254. The number of methoxy groups -OCH3 is 4. The Morgan fingerprint density at radius 2 is 0.809 bits per heavy atom. The zero-order valence-electron chi connectivity index (χ0n) is 38.4. The highest BCUT2D eigenvalue weighted by atomic mass is 16.6. The normalized spacial score (nSPS) is 11.3. The van der Waals surface area contributed by atoms with Gasteiger partial charge in [0.05, 0.1) is 50.3 Å². The van der Waals surface area contributed by atoms with Crippen LogP contribution in [0.4, 0.5) is 39.8 Å². The average molecular weight is 896 g/mol. The molecule has 0 atom stereocenters. The number of nitro groups is 1. The molecule has 0 bridgehead atoms. The molecule has 0 unspecified atom stereocenters. The molecule has 0 spiro atoms. The Hall–Kier alpha value is -8.82. The molecule has 0 amide bonds. The predicted octanol–water partition coefficient (Wildman–Crippen LogP) is 15.5. The highest BCUT2D eigenvalue weighted by molar-refractivity contribution is 6.03. The first-order valence-corrected chi connectivity index (χ1v) is 22.1. The Balaban J connectivity index is 0.978. The number of benzene rings is 9. The molecule has 9 aromatic carbocycles. The minimum Gasteiger partial charge on any atom is -0.497 e. The van der Waals surface area contributed by atoms with E-state index in [9.17, 15) is 10.1 Å². The number of hydrogen-bond donors (Lipinski definition) is 0. The van der Waals surface area contributed by atoms with E-state index in [1.807, 2.05) is 134 Å². The van der Waals surface area contributed by atoms with Gasteiger partial charge in [0, 0.05) is 50.4 Å². The van der Waals surface area contributed by atoms with Crippen molar-refractivity contribution in [3.05, 3.63) is 220 Å². The molecule has 9 rings (SSSR count). The van der Waals surface area contributed by atoms with Gasteiger partial charge in [0.1, 0.15) is 23.0 Å². The first-order valence-electron chi connectivity index (χ1n) is 22.1. The van der Waals surface area contributed by atoms with E-state index in [0.29, 0.717) is 5.56 Å². The first-order chi connectivity index (χ1) is 33.3. The largest absolute Gasteiger partial charge is 0.497 e. The summed E-state index contributed by atoms with van der Waals surface area (Å²) < 4.78 is 22.4. The molecule has 68 heavy (non-hydrogen) atoms. The molecule has 336 valence electrons. The number of nitrogens with zero attached hydrogens (tertiary/aromatic N) is 3. The van der Waals surface area contributed by atoms with Crippen molar-refractivity contribution in [1.29, 1.82) is 0 Å². The fourth-order valence-electron chi connectivity index (χ4n) is 8.62. The van der Waals surface area contributed by atoms with Gasteiger partial charge in [0.2, 0.25) is 0 Å². The molecule has 0 saturated carbocycles. The third-order valence-corrected chi connectivity index (χ3v) is 12.1. The third-order valence-electron chi connectivity index (χ3n) is 12.1. The predicted molar refractivity (Wildman–Crippen MR) is 279 cm³/mol. The van der Waals surface area contributed by atoms with Crippen LogP contribution in [0.25, 0.3) is 45.8 Å². The lowest BCUT2D eigenvalue weighted by atomic mass is 10.0. The number of aryl methyl sites for hydroxylation is 1. The van der Waals surface area contributed by atoms with Gasteiger partial charge in [-0.3, -0.25) is 10.1 Å². The van der Waals surface area contributed by atoms with Crippen LogP contribution in [0.2, 0.25) is 0 Å². The molecule has 0 saturated heterocycles. The van der Waals surface area contributed by atoms with E-state index in [-0.39, 0.29) is 10.6 Å². The van der Waals surface area contributed by atoms with E-state index in [1.165, 1.54) is 0 Å². The summed E-state index contributed by atoms with van der Waals surface area (Å²) in [6.07, 6.45) is 7.64. The van der Waals surface area contributed by atoms with Crippen LogP contribution in [-0.2, 0) is 0 Å². The number of fused-ring (bicyclic) bond motifs is 2. The Morgan fingerprint density at radius 1 is 0.426 bits per heavy atom. The third kappa shape index (κ3) is 9.05. The van der Waals surface area contributed by atoms with Crippen molar-refractivity contribution in [3.8, 4) is 23.0 Å². The lowest BCUT2D eigenvalue weighted by molar-refractivity contribution is -0.385. The van der Waals surface area contributed by atoms with Gasteiger partial charge in [0.25, 0.3) is 5.69 Å². The number of rotatable bonds is 15. The molecule has 0 N–H and O–H groups in total. The minimum atomic E-state index is -0.323. The summed E-state index contributed by atoms with van der Waals surface area (Å²) in [7, 11) is 6.69. The lowest BCUT2D eigenvalue weighted by Crippen LogP contribution is -2.10. The molecule has 0 aliphatic carbocycles. The maximum Gasteiger partial charge on any atom is 0.277 e. The highest BCUT2D eigenvalue weighted by Crippen LogP contribution is 2.44. The molecule has 0 aliphatic rings. The number of ether oxygens (including phenoxy) is 4. The Kier molecular flexibility index (Phi) is 12.9. The fraction of sp³-hybridized carbons (Fsp3) is 0.0847. The monoisotopic (exact) mass is 895 g/mol. The van der Waals surface area contributed by atoms with E-state index in [0.717, 1.165) is 101 Å². The van der Waals surface area contributed by atoms with Crippen LogP contribution in [0, 0.1) is 17.0 Å². The van der Waals surface area contributed by atoms with E-state index in [2.05, 4.69) is 82.6 Å². The van der Waals surface area contributed by atoms with Gasteiger partial charge < -0.3 is 28.7 Å². The van der Waals surface area contributed by atoms with Gasteiger partial charge in [-0.1, -0.05) is 91.0 Å². The maximum absolute atomic E-state index is 12.5. The van der Waals surface area contributed by atoms with Gasteiger partial charge in [-0.2, -0.15) is 0 Å². The summed E-state index contributed by atoms with van der Waals surface area (Å²) in [4.78, 5) is 16.6. The van der Waals surface area contributed by atoms with Crippen molar-refractivity contribution in [3.63, 3.8) is 0 Å². The van der Waals surface area contributed by atoms with Crippen molar-refractivity contribution in [2.45, 2.75) is 6.92 Å². The highest BCUT2D eigenvalue weighted by Gasteiger charge is 2.20. The Bertz CT molecular complexity index is 3310. The lowest BCUT2D eigenvalue weighted by Gasteiger charge is -2.27. The SMILES string of the molecule is COc1ccc(N(c2ccc(/C=C/c3cc([N+](=O)[O-])c(/C=C/c4ccc(N(c5ccc(OC)cc5)c5ccc(OC)c6ccccc56)cc4)cc3C)cc2)c2ccc(OC)c3ccccc23)cc1. The molecule has 0 radical (unpaired) electrons. The summed E-state index contributed by atoms with van der Waals surface area (Å²) in [5, 5.41) is 16.6.